The van der Waals surface area contributed by atoms with E-state index in [0.717, 1.165) is 22.2 Å². The number of fused-ring (bicyclic) bond motifs is 1. The number of nitrogens with zero attached hydrogens (tertiary/aromatic N) is 3. The minimum atomic E-state index is -2.50. The van der Waals surface area contributed by atoms with Crippen molar-refractivity contribution in [2.24, 2.45) is 5.41 Å². The molecule has 1 aliphatic heterocycles. The van der Waals surface area contributed by atoms with Crippen LogP contribution in [0.25, 0.3) is 10.8 Å². The van der Waals surface area contributed by atoms with E-state index in [2.05, 4.69) is 23.8 Å². The molecular formula is C16H16ClF2N3. The van der Waals surface area contributed by atoms with Gasteiger partial charge in [-0.15, -0.1) is 0 Å². The summed E-state index contributed by atoms with van der Waals surface area (Å²) in [5, 5.41) is 2.32. The van der Waals surface area contributed by atoms with E-state index in [-0.39, 0.29) is 6.42 Å². The highest BCUT2D eigenvalue weighted by Crippen LogP contribution is 2.65. The predicted molar refractivity (Wildman–Crippen MR) is 82.8 cm³/mol. The van der Waals surface area contributed by atoms with Crippen LogP contribution >= 0.6 is 11.6 Å². The van der Waals surface area contributed by atoms with Crippen molar-refractivity contribution in [3.63, 3.8) is 0 Å². The van der Waals surface area contributed by atoms with Crippen molar-refractivity contribution >= 4 is 28.2 Å². The van der Waals surface area contributed by atoms with Gasteiger partial charge in [-0.3, -0.25) is 0 Å². The normalized spacial score (nSPS) is 21.5. The van der Waals surface area contributed by atoms with Crippen LogP contribution in [0.3, 0.4) is 0 Å². The third-order valence-electron chi connectivity index (χ3n) is 4.87. The van der Waals surface area contributed by atoms with E-state index in [9.17, 15) is 8.78 Å². The van der Waals surface area contributed by atoms with Gasteiger partial charge in [0, 0.05) is 37.3 Å². The van der Waals surface area contributed by atoms with E-state index in [1.54, 1.807) is 6.20 Å². The summed E-state index contributed by atoms with van der Waals surface area (Å²) in [7, 11) is 0. The van der Waals surface area contributed by atoms with Crippen molar-refractivity contribution in [3.8, 4) is 0 Å². The molecular weight excluding hydrogens is 308 g/mol. The topological polar surface area (TPSA) is 29.0 Å². The van der Waals surface area contributed by atoms with Gasteiger partial charge in [0.05, 0.1) is 5.41 Å². The van der Waals surface area contributed by atoms with Crippen LogP contribution in [-0.4, -0.2) is 29.0 Å². The summed E-state index contributed by atoms with van der Waals surface area (Å²) < 4.78 is 26.8. The lowest BCUT2D eigenvalue weighted by Crippen LogP contribution is -2.52. The number of halogens is 3. The highest BCUT2D eigenvalue weighted by molar-refractivity contribution is 6.30. The second-order valence-electron chi connectivity index (χ2n) is 6.76. The summed E-state index contributed by atoms with van der Waals surface area (Å²) >= 11 is 6.02. The first kappa shape index (κ1) is 14.1. The van der Waals surface area contributed by atoms with Crippen LogP contribution in [0.1, 0.15) is 31.7 Å². The standard InChI is InChI=1S/C16H16ClF2N3/c1-9(2)11-4-21-14(12-5-20-13(17)3-10(11)12)22-7-15(8-22)6-16(15,18)19/h3-5,9H,6-8H2,1-2H3. The Kier molecular flexibility index (Phi) is 2.75. The SMILES string of the molecule is CC(C)c1cnc(N2CC3(C2)CC3(F)F)c2cnc(Cl)cc12. The molecule has 0 radical (unpaired) electrons. The molecule has 3 nitrogen and oxygen atoms in total. The van der Waals surface area contributed by atoms with Gasteiger partial charge in [-0.05, 0) is 22.9 Å². The fourth-order valence-corrected chi connectivity index (χ4v) is 3.54. The molecule has 1 saturated heterocycles. The maximum atomic E-state index is 13.4. The van der Waals surface area contributed by atoms with Crippen LogP contribution in [-0.2, 0) is 0 Å². The molecule has 4 rings (SSSR count). The molecule has 1 saturated carbocycles. The molecule has 0 atom stereocenters. The van der Waals surface area contributed by atoms with Crippen LogP contribution in [0.4, 0.5) is 14.6 Å². The van der Waals surface area contributed by atoms with Crippen LogP contribution in [0.2, 0.25) is 5.15 Å². The van der Waals surface area contributed by atoms with Crippen molar-refractivity contribution in [2.75, 3.05) is 18.0 Å². The molecule has 2 aromatic heterocycles. The third-order valence-corrected chi connectivity index (χ3v) is 5.08. The molecule has 22 heavy (non-hydrogen) atoms. The second kappa shape index (κ2) is 4.28. The molecule has 0 amide bonds. The Labute approximate surface area is 132 Å². The lowest BCUT2D eigenvalue weighted by Gasteiger charge is -2.41. The summed E-state index contributed by atoms with van der Waals surface area (Å²) in [5.74, 6) is -1.46. The molecule has 1 spiro atoms. The fraction of sp³-hybridized carbons (Fsp3) is 0.500. The predicted octanol–water partition coefficient (Wildman–Crippen LogP) is 4.25. The van der Waals surface area contributed by atoms with Crippen LogP contribution < -0.4 is 4.90 Å². The smallest absolute Gasteiger partial charge is 0.258 e. The number of alkyl halides is 2. The molecule has 1 aliphatic carbocycles. The van der Waals surface area contributed by atoms with Gasteiger partial charge in [-0.25, -0.2) is 18.7 Å². The number of rotatable bonds is 2. The van der Waals surface area contributed by atoms with E-state index in [0.29, 0.717) is 24.2 Å². The Morgan fingerprint density at radius 3 is 2.45 bits per heavy atom. The molecule has 0 bridgehead atoms. The van der Waals surface area contributed by atoms with Gasteiger partial charge in [-0.2, -0.15) is 0 Å². The molecule has 6 heteroatoms. The van der Waals surface area contributed by atoms with Gasteiger partial charge in [0.2, 0.25) is 0 Å². The maximum Gasteiger partial charge on any atom is 0.258 e. The summed E-state index contributed by atoms with van der Waals surface area (Å²) in [6, 6.07) is 1.83. The monoisotopic (exact) mass is 323 g/mol. The maximum absolute atomic E-state index is 13.4. The minimum Gasteiger partial charge on any atom is -0.354 e. The molecule has 0 aromatic carbocycles. The van der Waals surface area contributed by atoms with Gasteiger partial charge in [0.1, 0.15) is 11.0 Å². The number of hydrogen-bond acceptors (Lipinski definition) is 3. The second-order valence-corrected chi connectivity index (χ2v) is 7.15. The lowest BCUT2D eigenvalue weighted by atomic mass is 9.94. The summed E-state index contributed by atoms with van der Waals surface area (Å²) in [6.07, 6.45) is 3.53. The highest BCUT2D eigenvalue weighted by Gasteiger charge is 2.76. The zero-order valence-electron chi connectivity index (χ0n) is 12.4. The first-order valence-corrected chi connectivity index (χ1v) is 7.78. The zero-order valence-corrected chi connectivity index (χ0v) is 13.2. The van der Waals surface area contributed by atoms with E-state index >= 15 is 0 Å². The minimum absolute atomic E-state index is 0.00257. The fourth-order valence-electron chi connectivity index (χ4n) is 3.39. The van der Waals surface area contributed by atoms with E-state index < -0.39 is 11.3 Å². The highest BCUT2D eigenvalue weighted by atomic mass is 35.5. The Morgan fingerprint density at radius 2 is 1.86 bits per heavy atom. The van der Waals surface area contributed by atoms with E-state index in [1.807, 2.05) is 17.2 Å². The molecule has 0 N–H and O–H groups in total. The largest absolute Gasteiger partial charge is 0.354 e. The first-order chi connectivity index (χ1) is 10.3. The molecule has 3 heterocycles. The van der Waals surface area contributed by atoms with Crippen molar-refractivity contribution in [3.05, 3.63) is 29.2 Å². The third kappa shape index (κ3) is 1.84. The zero-order chi connectivity index (χ0) is 15.7. The van der Waals surface area contributed by atoms with Gasteiger partial charge < -0.3 is 4.90 Å². The number of hydrogen-bond donors (Lipinski definition) is 0. The van der Waals surface area contributed by atoms with Crippen molar-refractivity contribution in [1.29, 1.82) is 0 Å². The summed E-state index contributed by atoms with van der Waals surface area (Å²) in [4.78, 5) is 10.6. The average Bonchev–Trinajstić information content (AvgIpc) is 2.98. The van der Waals surface area contributed by atoms with Gasteiger partial charge in [0.25, 0.3) is 5.92 Å². The van der Waals surface area contributed by atoms with Gasteiger partial charge >= 0.3 is 0 Å². The van der Waals surface area contributed by atoms with Crippen molar-refractivity contribution in [1.82, 2.24) is 9.97 Å². The molecule has 116 valence electrons. The Hall–Kier alpha value is -1.49. The molecule has 0 unspecified atom stereocenters. The molecule has 2 aromatic rings. The first-order valence-electron chi connectivity index (χ1n) is 7.40. The number of aromatic nitrogens is 2. The lowest BCUT2D eigenvalue weighted by molar-refractivity contribution is 0.0519. The Bertz CT molecular complexity index is 769. The Balaban J connectivity index is 1.76. The summed E-state index contributed by atoms with van der Waals surface area (Å²) in [6.45, 7) is 4.92. The summed E-state index contributed by atoms with van der Waals surface area (Å²) in [5.41, 5.74) is 0.285. The molecule has 2 aliphatic rings. The Morgan fingerprint density at radius 1 is 1.18 bits per heavy atom. The number of anilines is 1. The van der Waals surface area contributed by atoms with Crippen LogP contribution in [0.5, 0.6) is 0 Å². The van der Waals surface area contributed by atoms with Crippen molar-refractivity contribution in [2.45, 2.75) is 32.1 Å². The number of pyridine rings is 2. The van der Waals surface area contributed by atoms with Crippen molar-refractivity contribution < 1.29 is 8.78 Å². The van der Waals surface area contributed by atoms with Gasteiger partial charge in [0.15, 0.2) is 0 Å². The van der Waals surface area contributed by atoms with Gasteiger partial charge in [-0.1, -0.05) is 25.4 Å². The van der Waals surface area contributed by atoms with Crippen LogP contribution in [0, 0.1) is 5.41 Å². The quantitative estimate of drug-likeness (QED) is 0.774. The van der Waals surface area contributed by atoms with E-state index in [1.165, 1.54) is 0 Å². The average molecular weight is 324 g/mol. The molecule has 2 fully saturated rings. The van der Waals surface area contributed by atoms with E-state index in [4.69, 9.17) is 11.6 Å². The van der Waals surface area contributed by atoms with Crippen LogP contribution in [0.15, 0.2) is 18.5 Å².